The van der Waals surface area contributed by atoms with Gasteiger partial charge in [-0.3, -0.25) is 9.59 Å². The van der Waals surface area contributed by atoms with E-state index in [4.69, 9.17) is 0 Å². The quantitative estimate of drug-likeness (QED) is 0.507. The lowest BCUT2D eigenvalue weighted by molar-refractivity contribution is 0.0949. The van der Waals surface area contributed by atoms with E-state index in [1.807, 2.05) is 0 Å². The molecule has 2 aromatic rings. The number of halogens is 1. The Kier molecular flexibility index (Phi) is 7.84. The summed E-state index contributed by atoms with van der Waals surface area (Å²) in [6.45, 7) is 5.90. The lowest BCUT2D eigenvalue weighted by Crippen LogP contribution is -2.44. The van der Waals surface area contributed by atoms with Gasteiger partial charge in [0.15, 0.2) is 5.78 Å². The van der Waals surface area contributed by atoms with E-state index >= 15 is 0 Å². The van der Waals surface area contributed by atoms with Crippen LogP contribution in [-0.2, 0) is 0 Å². The summed E-state index contributed by atoms with van der Waals surface area (Å²) in [5.41, 5.74) is 1.77. The van der Waals surface area contributed by atoms with E-state index < -0.39 is 0 Å². The van der Waals surface area contributed by atoms with E-state index in [1.165, 1.54) is 0 Å². The number of carbonyl (C=O) groups excluding carboxylic acids is 2. The molecule has 1 aliphatic rings. The Morgan fingerprint density at radius 1 is 1.00 bits per heavy atom. The number of nitrogens with one attached hydrogen (secondary N) is 3. The maximum Gasteiger partial charge on any atom is 0.251 e. The number of hydrogen-bond donors (Lipinski definition) is 3. The Labute approximate surface area is 159 Å². The number of hydrogen-bond acceptors (Lipinski definition) is 4. The summed E-state index contributed by atoms with van der Waals surface area (Å²) in [7, 11) is 0. The summed E-state index contributed by atoms with van der Waals surface area (Å²) in [4.78, 5) is 29.7. The highest BCUT2D eigenvalue weighted by atomic mass is 35.5. The van der Waals surface area contributed by atoms with Crippen LogP contribution >= 0.6 is 12.4 Å². The molecule has 7 heteroatoms. The van der Waals surface area contributed by atoms with Crippen molar-refractivity contribution in [2.24, 2.45) is 0 Å². The molecule has 140 valence electrons. The van der Waals surface area contributed by atoms with Gasteiger partial charge in [-0.05, 0) is 31.2 Å². The number of ketones is 1. The molecule has 6 nitrogen and oxygen atoms in total. The second kappa shape index (κ2) is 10.1. The van der Waals surface area contributed by atoms with E-state index in [0.717, 1.165) is 39.1 Å². The second-order valence-corrected chi connectivity index (χ2v) is 6.21. The number of piperazine rings is 1. The molecule has 3 rings (SSSR count). The summed E-state index contributed by atoms with van der Waals surface area (Å²) in [5, 5.41) is 6.27. The summed E-state index contributed by atoms with van der Waals surface area (Å²) < 4.78 is 0. The molecule has 1 fully saturated rings. The number of benzene rings is 1. The molecule has 1 saturated heterocycles. The van der Waals surface area contributed by atoms with Crippen molar-refractivity contribution in [1.29, 1.82) is 0 Å². The van der Waals surface area contributed by atoms with E-state index in [1.54, 1.807) is 42.7 Å². The number of H-pyrrole nitrogens is 1. The Morgan fingerprint density at radius 3 is 2.35 bits per heavy atom. The largest absolute Gasteiger partial charge is 0.367 e. The third-order valence-electron chi connectivity index (χ3n) is 4.42. The fraction of sp³-hybridized carbons (Fsp3) is 0.368. The first-order chi connectivity index (χ1) is 12.2. The van der Waals surface area contributed by atoms with Gasteiger partial charge in [-0.2, -0.15) is 0 Å². The predicted molar refractivity (Wildman–Crippen MR) is 104 cm³/mol. The first-order valence-electron chi connectivity index (χ1n) is 8.73. The van der Waals surface area contributed by atoms with E-state index in [9.17, 15) is 9.59 Å². The molecule has 2 heterocycles. The zero-order valence-electron chi connectivity index (χ0n) is 14.7. The van der Waals surface area contributed by atoms with E-state index in [-0.39, 0.29) is 24.1 Å². The van der Waals surface area contributed by atoms with Crippen LogP contribution in [-0.4, -0.2) is 60.8 Å². The molecule has 0 saturated carbocycles. The molecular weight excluding hydrogens is 352 g/mol. The molecule has 0 spiro atoms. The van der Waals surface area contributed by atoms with Crippen molar-refractivity contribution in [3.63, 3.8) is 0 Å². The van der Waals surface area contributed by atoms with Gasteiger partial charge in [-0.15, -0.1) is 12.4 Å². The standard InChI is InChI=1S/C19H24N4O2.ClH/c24-18(17-6-8-21-14-17)15-2-4-16(5-3-15)19(25)22-7-1-11-23-12-9-20-10-13-23;/h2-6,8,14,20-21H,1,7,9-13H2,(H,22,25);1H. The molecule has 1 aliphatic heterocycles. The van der Waals surface area contributed by atoms with E-state index in [2.05, 4.69) is 20.5 Å². The van der Waals surface area contributed by atoms with Gasteiger partial charge in [0.1, 0.15) is 0 Å². The number of aromatic nitrogens is 1. The Bertz CT molecular complexity index is 695. The topological polar surface area (TPSA) is 77.2 Å². The highest BCUT2D eigenvalue weighted by Gasteiger charge is 2.12. The average Bonchev–Trinajstić information content (AvgIpc) is 3.20. The molecule has 1 aromatic carbocycles. The van der Waals surface area contributed by atoms with Gasteiger partial charge in [0.25, 0.3) is 5.91 Å². The van der Waals surface area contributed by atoms with E-state index in [0.29, 0.717) is 23.2 Å². The molecule has 0 unspecified atom stereocenters. The summed E-state index contributed by atoms with van der Waals surface area (Å²) in [5.74, 6) is -0.148. The van der Waals surface area contributed by atoms with Gasteiger partial charge in [-0.25, -0.2) is 0 Å². The van der Waals surface area contributed by atoms with Crippen LogP contribution in [0.3, 0.4) is 0 Å². The molecule has 0 radical (unpaired) electrons. The first kappa shape index (κ1) is 20.2. The number of rotatable bonds is 7. The van der Waals surface area contributed by atoms with Crippen LogP contribution in [0.25, 0.3) is 0 Å². The lowest BCUT2D eigenvalue weighted by atomic mass is 10.0. The monoisotopic (exact) mass is 376 g/mol. The number of carbonyl (C=O) groups is 2. The first-order valence-corrected chi connectivity index (χ1v) is 8.73. The maximum atomic E-state index is 12.2. The van der Waals surface area contributed by atoms with Crippen LogP contribution in [0, 0.1) is 0 Å². The van der Waals surface area contributed by atoms with Crippen molar-refractivity contribution in [2.45, 2.75) is 6.42 Å². The highest BCUT2D eigenvalue weighted by molar-refractivity contribution is 6.09. The number of aromatic amines is 1. The van der Waals surface area contributed by atoms with Crippen molar-refractivity contribution in [1.82, 2.24) is 20.5 Å². The van der Waals surface area contributed by atoms with Gasteiger partial charge < -0.3 is 20.5 Å². The van der Waals surface area contributed by atoms with Gasteiger partial charge in [0.05, 0.1) is 0 Å². The molecule has 26 heavy (non-hydrogen) atoms. The van der Waals surface area contributed by atoms with Crippen LogP contribution < -0.4 is 10.6 Å². The van der Waals surface area contributed by atoms with Gasteiger partial charge >= 0.3 is 0 Å². The van der Waals surface area contributed by atoms with Crippen LogP contribution in [0.4, 0.5) is 0 Å². The Hall–Kier alpha value is -2.15. The van der Waals surface area contributed by atoms with Gasteiger partial charge in [-0.1, -0.05) is 12.1 Å². The number of amides is 1. The Morgan fingerprint density at radius 2 is 1.69 bits per heavy atom. The summed E-state index contributed by atoms with van der Waals surface area (Å²) in [6.07, 6.45) is 4.33. The number of nitrogens with zero attached hydrogens (tertiary/aromatic N) is 1. The molecule has 0 atom stereocenters. The smallest absolute Gasteiger partial charge is 0.251 e. The van der Waals surface area contributed by atoms with Crippen LogP contribution in [0.15, 0.2) is 42.7 Å². The van der Waals surface area contributed by atoms with Crippen LogP contribution in [0.1, 0.15) is 32.7 Å². The Balaban J connectivity index is 0.00000243. The SMILES string of the molecule is Cl.O=C(NCCCN1CCNCC1)c1ccc(C(=O)c2cc[nH]c2)cc1. The third-order valence-corrected chi connectivity index (χ3v) is 4.42. The molecule has 0 bridgehead atoms. The summed E-state index contributed by atoms with van der Waals surface area (Å²) in [6, 6.07) is 8.54. The normalized spacial score (nSPS) is 14.5. The minimum absolute atomic E-state index is 0. The highest BCUT2D eigenvalue weighted by Crippen LogP contribution is 2.10. The van der Waals surface area contributed by atoms with Crippen molar-refractivity contribution >= 4 is 24.1 Å². The van der Waals surface area contributed by atoms with Gasteiger partial charge in [0, 0.05) is 61.8 Å². The molecule has 0 aliphatic carbocycles. The zero-order valence-corrected chi connectivity index (χ0v) is 15.5. The average molecular weight is 377 g/mol. The predicted octanol–water partition coefficient (Wildman–Crippen LogP) is 1.69. The van der Waals surface area contributed by atoms with Crippen molar-refractivity contribution < 1.29 is 9.59 Å². The molecule has 1 aromatic heterocycles. The van der Waals surface area contributed by atoms with Gasteiger partial charge in [0.2, 0.25) is 0 Å². The molecule has 3 N–H and O–H groups in total. The van der Waals surface area contributed by atoms with Crippen molar-refractivity contribution in [3.05, 3.63) is 59.4 Å². The minimum Gasteiger partial charge on any atom is -0.367 e. The maximum absolute atomic E-state index is 12.2. The van der Waals surface area contributed by atoms with Crippen molar-refractivity contribution in [3.8, 4) is 0 Å². The third kappa shape index (κ3) is 5.42. The van der Waals surface area contributed by atoms with Crippen LogP contribution in [0.2, 0.25) is 0 Å². The minimum atomic E-state index is -0.0963. The zero-order chi connectivity index (χ0) is 17.5. The second-order valence-electron chi connectivity index (χ2n) is 6.21. The van der Waals surface area contributed by atoms with Crippen LogP contribution in [0.5, 0.6) is 0 Å². The van der Waals surface area contributed by atoms with Crippen molar-refractivity contribution in [2.75, 3.05) is 39.3 Å². The fourth-order valence-corrected chi connectivity index (χ4v) is 2.95. The summed E-state index contributed by atoms with van der Waals surface area (Å²) >= 11 is 0. The lowest BCUT2D eigenvalue weighted by Gasteiger charge is -2.27. The molecular formula is C19H25ClN4O2. The fourth-order valence-electron chi connectivity index (χ4n) is 2.95. The molecule has 1 amide bonds.